The van der Waals surface area contributed by atoms with Gasteiger partial charge < -0.3 is 10.2 Å². The second-order valence-corrected chi connectivity index (χ2v) is 5.55. The van der Waals surface area contributed by atoms with Crippen molar-refractivity contribution in [2.75, 3.05) is 19.6 Å². The average Bonchev–Trinajstić information content (AvgIpc) is 2.91. The van der Waals surface area contributed by atoms with E-state index in [1.165, 1.54) is 0 Å². The molecule has 1 atom stereocenters. The number of benzene rings is 1. The number of carbonyl (C=O) groups excluding carboxylic acids is 2. The molecule has 0 aliphatic carbocycles. The molecule has 2 heterocycles. The van der Waals surface area contributed by atoms with Gasteiger partial charge in [0.2, 0.25) is 11.7 Å². The van der Waals surface area contributed by atoms with Crippen molar-refractivity contribution < 1.29 is 14.0 Å². The zero-order valence-corrected chi connectivity index (χ0v) is 11.7. The van der Waals surface area contributed by atoms with Crippen molar-refractivity contribution in [1.29, 1.82) is 0 Å². The van der Waals surface area contributed by atoms with Gasteiger partial charge in [-0.3, -0.25) is 14.5 Å². The first kappa shape index (κ1) is 13.8. The highest BCUT2D eigenvalue weighted by Gasteiger charge is 2.26. The van der Waals surface area contributed by atoms with Gasteiger partial charge in [-0.1, -0.05) is 18.2 Å². The highest BCUT2D eigenvalue weighted by molar-refractivity contribution is 5.98. The lowest BCUT2D eigenvalue weighted by Crippen LogP contribution is -2.43. The Balaban J connectivity index is 1.69. The van der Waals surface area contributed by atoms with E-state index in [0.29, 0.717) is 12.3 Å². The molecule has 0 bridgehead atoms. The fourth-order valence-electron chi connectivity index (χ4n) is 2.83. The monoisotopic (exact) mass is 286 g/mol. The van der Waals surface area contributed by atoms with Crippen LogP contribution in [-0.2, 0) is 4.79 Å². The summed E-state index contributed by atoms with van der Waals surface area (Å²) in [5.74, 6) is -0.119. The van der Waals surface area contributed by atoms with E-state index in [2.05, 4.69) is 0 Å². The smallest absolute Gasteiger partial charge is 0.221 e. The molecule has 1 amide bonds. The van der Waals surface area contributed by atoms with E-state index < -0.39 is 0 Å². The lowest BCUT2D eigenvalue weighted by atomic mass is 9.97. The van der Waals surface area contributed by atoms with Gasteiger partial charge in [0, 0.05) is 11.9 Å². The second kappa shape index (κ2) is 5.69. The molecule has 5 nitrogen and oxygen atoms in total. The number of fused-ring (bicyclic) bond motifs is 1. The van der Waals surface area contributed by atoms with Crippen LogP contribution in [0.25, 0.3) is 11.0 Å². The van der Waals surface area contributed by atoms with Crippen molar-refractivity contribution in [3.8, 4) is 0 Å². The van der Waals surface area contributed by atoms with Crippen LogP contribution in [0.15, 0.2) is 34.7 Å². The third kappa shape index (κ3) is 2.97. The Morgan fingerprint density at radius 2 is 2.14 bits per heavy atom. The summed E-state index contributed by atoms with van der Waals surface area (Å²) in [6, 6.07) is 9.32. The van der Waals surface area contributed by atoms with Crippen LogP contribution in [0.1, 0.15) is 23.4 Å². The average molecular weight is 286 g/mol. The van der Waals surface area contributed by atoms with E-state index in [9.17, 15) is 9.59 Å². The number of Topliss-reactive ketones (excluding diaryl/α,β-unsaturated/α-hetero) is 1. The van der Waals surface area contributed by atoms with Crippen LogP contribution in [0.3, 0.4) is 0 Å². The van der Waals surface area contributed by atoms with Gasteiger partial charge in [0.25, 0.3) is 0 Å². The number of para-hydroxylation sites is 1. The van der Waals surface area contributed by atoms with E-state index >= 15 is 0 Å². The first-order valence-corrected chi connectivity index (χ1v) is 7.17. The molecule has 1 aliphatic heterocycles. The maximum absolute atomic E-state index is 12.3. The first-order chi connectivity index (χ1) is 10.1. The van der Waals surface area contributed by atoms with Crippen LogP contribution < -0.4 is 5.73 Å². The Labute approximate surface area is 122 Å². The molecule has 2 N–H and O–H groups in total. The van der Waals surface area contributed by atoms with Gasteiger partial charge in [0.1, 0.15) is 5.58 Å². The molecule has 2 aromatic rings. The van der Waals surface area contributed by atoms with E-state index in [1.807, 2.05) is 29.2 Å². The van der Waals surface area contributed by atoms with Crippen molar-refractivity contribution in [2.24, 2.45) is 11.7 Å². The zero-order valence-electron chi connectivity index (χ0n) is 11.7. The number of primary amides is 1. The summed E-state index contributed by atoms with van der Waals surface area (Å²) in [7, 11) is 0. The molecule has 0 spiro atoms. The molecule has 0 radical (unpaired) electrons. The van der Waals surface area contributed by atoms with Crippen LogP contribution in [-0.4, -0.2) is 36.2 Å². The fraction of sp³-hybridized carbons (Fsp3) is 0.375. The number of hydrogen-bond acceptors (Lipinski definition) is 4. The first-order valence-electron chi connectivity index (χ1n) is 7.17. The normalized spacial score (nSPS) is 19.7. The zero-order chi connectivity index (χ0) is 14.8. The molecule has 1 saturated heterocycles. The molecule has 3 rings (SSSR count). The number of piperidine rings is 1. The highest BCUT2D eigenvalue weighted by Crippen LogP contribution is 2.21. The minimum absolute atomic E-state index is 0.0590. The molecule has 1 unspecified atom stereocenters. The summed E-state index contributed by atoms with van der Waals surface area (Å²) < 4.78 is 5.58. The summed E-state index contributed by atoms with van der Waals surface area (Å²) >= 11 is 0. The summed E-state index contributed by atoms with van der Waals surface area (Å²) in [6.45, 7) is 1.64. The molecule has 1 aromatic carbocycles. The Morgan fingerprint density at radius 3 is 2.90 bits per heavy atom. The lowest BCUT2D eigenvalue weighted by molar-refractivity contribution is -0.123. The van der Waals surface area contributed by atoms with Gasteiger partial charge in [-0.2, -0.15) is 0 Å². The largest absolute Gasteiger partial charge is 0.453 e. The number of amides is 1. The van der Waals surface area contributed by atoms with Crippen LogP contribution in [0, 0.1) is 5.92 Å². The van der Waals surface area contributed by atoms with Crippen LogP contribution in [0.5, 0.6) is 0 Å². The fourth-order valence-corrected chi connectivity index (χ4v) is 2.83. The minimum Gasteiger partial charge on any atom is -0.453 e. The summed E-state index contributed by atoms with van der Waals surface area (Å²) in [4.78, 5) is 25.6. The number of hydrogen-bond donors (Lipinski definition) is 1. The van der Waals surface area contributed by atoms with Gasteiger partial charge in [-0.25, -0.2) is 0 Å². The van der Waals surface area contributed by atoms with Crippen molar-refractivity contribution >= 4 is 22.7 Å². The third-order valence-corrected chi connectivity index (χ3v) is 3.98. The predicted octanol–water partition coefficient (Wildman–Crippen LogP) is 1.81. The maximum Gasteiger partial charge on any atom is 0.221 e. The van der Waals surface area contributed by atoms with Crippen LogP contribution in [0.4, 0.5) is 0 Å². The molecular weight excluding hydrogens is 268 g/mol. The Bertz CT molecular complexity index is 644. The summed E-state index contributed by atoms with van der Waals surface area (Å²) in [5.41, 5.74) is 6.07. The molecule has 1 aliphatic rings. The molecule has 1 fully saturated rings. The molecule has 5 heteroatoms. The molecule has 0 saturated carbocycles. The summed E-state index contributed by atoms with van der Waals surface area (Å²) in [6.07, 6.45) is 1.70. The van der Waals surface area contributed by atoms with Gasteiger partial charge in [0.05, 0.1) is 12.5 Å². The highest BCUT2D eigenvalue weighted by atomic mass is 16.3. The van der Waals surface area contributed by atoms with Gasteiger partial charge in [0.15, 0.2) is 5.76 Å². The molecule has 21 heavy (non-hydrogen) atoms. The number of ketones is 1. The molecule has 1 aromatic heterocycles. The topological polar surface area (TPSA) is 76.5 Å². The van der Waals surface area contributed by atoms with Gasteiger partial charge >= 0.3 is 0 Å². The minimum atomic E-state index is -0.282. The quantitative estimate of drug-likeness (QED) is 0.870. The van der Waals surface area contributed by atoms with Crippen LogP contribution >= 0.6 is 0 Å². The standard InChI is InChI=1S/C16H18N2O3/c17-16(20)12-5-3-7-18(9-12)10-13(19)15-8-11-4-1-2-6-14(11)21-15/h1-2,4,6,8,12H,3,5,7,9-10H2,(H2,17,20). The van der Waals surface area contributed by atoms with Crippen LogP contribution in [0.2, 0.25) is 0 Å². The number of nitrogens with zero attached hydrogens (tertiary/aromatic N) is 1. The number of rotatable bonds is 4. The Morgan fingerprint density at radius 1 is 1.33 bits per heavy atom. The van der Waals surface area contributed by atoms with E-state index in [-0.39, 0.29) is 24.2 Å². The van der Waals surface area contributed by atoms with Gasteiger partial charge in [-0.05, 0) is 31.5 Å². The van der Waals surface area contributed by atoms with E-state index in [4.69, 9.17) is 10.2 Å². The van der Waals surface area contributed by atoms with Crippen molar-refractivity contribution in [1.82, 2.24) is 4.90 Å². The summed E-state index contributed by atoms with van der Waals surface area (Å²) in [5, 5.41) is 0.925. The molecular formula is C16H18N2O3. The lowest BCUT2D eigenvalue weighted by Gasteiger charge is -2.30. The predicted molar refractivity (Wildman–Crippen MR) is 78.9 cm³/mol. The second-order valence-electron chi connectivity index (χ2n) is 5.55. The SMILES string of the molecule is NC(=O)C1CCCN(CC(=O)c2cc3ccccc3o2)C1. The van der Waals surface area contributed by atoms with E-state index in [0.717, 1.165) is 30.4 Å². The van der Waals surface area contributed by atoms with Gasteiger partial charge in [-0.15, -0.1) is 0 Å². The third-order valence-electron chi connectivity index (χ3n) is 3.98. The number of carbonyl (C=O) groups is 2. The Kier molecular flexibility index (Phi) is 3.75. The van der Waals surface area contributed by atoms with Crippen molar-refractivity contribution in [3.63, 3.8) is 0 Å². The Hall–Kier alpha value is -2.14. The molecule has 110 valence electrons. The van der Waals surface area contributed by atoms with E-state index in [1.54, 1.807) is 6.07 Å². The van der Waals surface area contributed by atoms with Crippen molar-refractivity contribution in [2.45, 2.75) is 12.8 Å². The maximum atomic E-state index is 12.3. The number of likely N-dealkylation sites (tertiary alicyclic amines) is 1. The number of furan rings is 1. The number of nitrogens with two attached hydrogens (primary N) is 1. The van der Waals surface area contributed by atoms with Crippen molar-refractivity contribution in [3.05, 3.63) is 36.1 Å².